The molecule has 2 rings (SSSR count). The summed E-state index contributed by atoms with van der Waals surface area (Å²) in [7, 11) is 0. The molecule has 4 nitrogen and oxygen atoms in total. The van der Waals surface area contributed by atoms with Gasteiger partial charge in [-0.05, 0) is 25.0 Å². The molecule has 1 aliphatic rings. The highest BCUT2D eigenvalue weighted by Gasteiger charge is 2.28. The van der Waals surface area contributed by atoms with Crippen LogP contribution in [0.3, 0.4) is 0 Å². The van der Waals surface area contributed by atoms with E-state index >= 15 is 0 Å². The van der Waals surface area contributed by atoms with Crippen molar-refractivity contribution in [2.75, 3.05) is 6.61 Å². The summed E-state index contributed by atoms with van der Waals surface area (Å²) in [5.74, 6) is 0.533. The highest BCUT2D eigenvalue weighted by Crippen LogP contribution is 2.27. The van der Waals surface area contributed by atoms with Gasteiger partial charge in [0, 0.05) is 6.20 Å². The highest BCUT2D eigenvalue weighted by atomic mass is 16.5. The van der Waals surface area contributed by atoms with Crippen molar-refractivity contribution < 1.29 is 4.74 Å². The summed E-state index contributed by atoms with van der Waals surface area (Å²) >= 11 is 0. The molecule has 90 valence electrons. The number of ether oxygens (including phenoxy) is 1. The lowest BCUT2D eigenvalue weighted by atomic mass is 9.83. The van der Waals surface area contributed by atoms with Crippen molar-refractivity contribution in [2.45, 2.75) is 37.6 Å². The van der Waals surface area contributed by atoms with Crippen LogP contribution in [0.1, 0.15) is 37.8 Å². The first-order chi connectivity index (χ1) is 8.23. The van der Waals surface area contributed by atoms with Gasteiger partial charge >= 0.3 is 0 Å². The summed E-state index contributed by atoms with van der Waals surface area (Å²) in [6.07, 6.45) is 7.17. The van der Waals surface area contributed by atoms with Gasteiger partial charge in [-0.3, -0.25) is 0 Å². The van der Waals surface area contributed by atoms with Gasteiger partial charge in [-0.1, -0.05) is 19.3 Å². The minimum Gasteiger partial charge on any atom is -0.489 e. The molecule has 2 N–H and O–H groups in total. The van der Waals surface area contributed by atoms with Crippen LogP contribution in [-0.4, -0.2) is 17.1 Å². The third-order valence-electron chi connectivity index (χ3n) is 3.24. The fraction of sp³-hybridized carbons (Fsp3) is 0.538. The maximum Gasteiger partial charge on any atom is 0.182 e. The van der Waals surface area contributed by atoms with Gasteiger partial charge in [0.2, 0.25) is 0 Å². The van der Waals surface area contributed by atoms with Gasteiger partial charge in [-0.15, -0.1) is 0 Å². The Morgan fingerprint density at radius 2 is 2.18 bits per heavy atom. The molecule has 0 amide bonds. The molecule has 0 aliphatic heterocycles. The van der Waals surface area contributed by atoms with Crippen molar-refractivity contribution in [2.24, 2.45) is 5.73 Å². The number of hydrogen-bond donors (Lipinski definition) is 1. The molecule has 0 spiro atoms. The lowest BCUT2D eigenvalue weighted by Crippen LogP contribution is -2.47. The van der Waals surface area contributed by atoms with Gasteiger partial charge in [0.15, 0.2) is 11.4 Å². The maximum atomic E-state index is 8.90. The van der Waals surface area contributed by atoms with Crippen LogP contribution >= 0.6 is 0 Å². The smallest absolute Gasteiger partial charge is 0.182 e. The number of aromatic nitrogens is 1. The average molecular weight is 231 g/mol. The average Bonchev–Trinajstić information content (AvgIpc) is 2.38. The molecule has 0 saturated heterocycles. The SMILES string of the molecule is N#Cc1ncccc1OCC1(N)CCCCC1. The van der Waals surface area contributed by atoms with E-state index in [4.69, 9.17) is 15.7 Å². The quantitative estimate of drug-likeness (QED) is 0.863. The van der Waals surface area contributed by atoms with Gasteiger partial charge in [-0.25, -0.2) is 4.98 Å². The second-order valence-corrected chi connectivity index (χ2v) is 4.67. The molecule has 0 unspecified atom stereocenters. The molecular formula is C13H17N3O. The molecule has 1 aliphatic carbocycles. The minimum atomic E-state index is -0.235. The lowest BCUT2D eigenvalue weighted by Gasteiger charge is -2.33. The van der Waals surface area contributed by atoms with Gasteiger partial charge in [0.05, 0.1) is 5.54 Å². The number of nitriles is 1. The van der Waals surface area contributed by atoms with Gasteiger partial charge in [0.1, 0.15) is 12.7 Å². The van der Waals surface area contributed by atoms with Crippen LogP contribution in [-0.2, 0) is 0 Å². The van der Waals surface area contributed by atoms with E-state index in [9.17, 15) is 0 Å². The first-order valence-electron chi connectivity index (χ1n) is 6.00. The van der Waals surface area contributed by atoms with E-state index in [2.05, 4.69) is 4.98 Å². The molecule has 0 atom stereocenters. The summed E-state index contributed by atoms with van der Waals surface area (Å²) in [6.45, 7) is 0.466. The van der Waals surface area contributed by atoms with Crippen molar-refractivity contribution >= 4 is 0 Å². The van der Waals surface area contributed by atoms with E-state index in [1.54, 1.807) is 18.3 Å². The first kappa shape index (κ1) is 11.9. The minimum absolute atomic E-state index is 0.235. The number of nitrogens with two attached hydrogens (primary N) is 1. The Hall–Kier alpha value is -1.60. The van der Waals surface area contributed by atoms with Crippen molar-refractivity contribution in [3.63, 3.8) is 0 Å². The molecule has 1 aromatic rings. The summed E-state index contributed by atoms with van der Waals surface area (Å²) in [5.41, 5.74) is 6.36. The molecule has 1 aromatic heterocycles. The number of hydrogen-bond acceptors (Lipinski definition) is 4. The topological polar surface area (TPSA) is 71.9 Å². The molecule has 0 bridgehead atoms. The number of rotatable bonds is 3. The molecule has 4 heteroatoms. The second-order valence-electron chi connectivity index (χ2n) is 4.67. The Morgan fingerprint density at radius 1 is 1.41 bits per heavy atom. The van der Waals surface area contributed by atoms with Crippen molar-refractivity contribution in [1.29, 1.82) is 5.26 Å². The fourth-order valence-corrected chi connectivity index (χ4v) is 2.21. The third-order valence-corrected chi connectivity index (χ3v) is 3.24. The third kappa shape index (κ3) is 2.95. The molecule has 17 heavy (non-hydrogen) atoms. The monoisotopic (exact) mass is 231 g/mol. The summed E-state index contributed by atoms with van der Waals surface area (Å²) in [5, 5.41) is 8.90. The largest absolute Gasteiger partial charge is 0.489 e. The molecule has 1 fully saturated rings. The van der Waals surface area contributed by atoms with Crippen LogP contribution in [0.15, 0.2) is 18.3 Å². The molecule has 1 heterocycles. The predicted octanol–water partition coefficient (Wildman–Crippen LogP) is 1.99. The summed E-state index contributed by atoms with van der Waals surface area (Å²) in [4.78, 5) is 3.96. The van der Waals surface area contributed by atoms with Gasteiger partial charge in [0.25, 0.3) is 0 Å². The predicted molar refractivity (Wildman–Crippen MR) is 64.5 cm³/mol. The van der Waals surface area contributed by atoms with Crippen LogP contribution in [0.2, 0.25) is 0 Å². The van der Waals surface area contributed by atoms with Crippen LogP contribution in [0, 0.1) is 11.3 Å². The summed E-state index contributed by atoms with van der Waals surface area (Å²) < 4.78 is 5.66. The standard InChI is InChI=1S/C13H17N3O/c14-9-11-12(5-4-8-16-11)17-10-13(15)6-2-1-3-7-13/h4-5,8H,1-3,6-7,10,15H2. The molecule has 0 radical (unpaired) electrons. The fourth-order valence-electron chi connectivity index (χ4n) is 2.21. The molecular weight excluding hydrogens is 214 g/mol. The molecule has 1 saturated carbocycles. The van der Waals surface area contributed by atoms with Crippen LogP contribution < -0.4 is 10.5 Å². The number of pyridine rings is 1. The van der Waals surface area contributed by atoms with Gasteiger partial charge < -0.3 is 10.5 Å². The Kier molecular flexibility index (Phi) is 3.60. The zero-order chi connectivity index (χ0) is 12.1. The van der Waals surface area contributed by atoms with E-state index < -0.39 is 0 Å². The van der Waals surface area contributed by atoms with E-state index in [1.165, 1.54) is 6.42 Å². The molecule has 0 aromatic carbocycles. The lowest BCUT2D eigenvalue weighted by molar-refractivity contribution is 0.173. The summed E-state index contributed by atoms with van der Waals surface area (Å²) in [6, 6.07) is 5.54. The van der Waals surface area contributed by atoms with E-state index in [0.717, 1.165) is 25.7 Å². The number of nitrogens with zero attached hydrogens (tertiary/aromatic N) is 2. The van der Waals surface area contributed by atoms with Crippen LogP contribution in [0.4, 0.5) is 0 Å². The van der Waals surface area contributed by atoms with E-state index in [1.807, 2.05) is 6.07 Å². The van der Waals surface area contributed by atoms with E-state index in [0.29, 0.717) is 18.1 Å². The zero-order valence-electron chi connectivity index (χ0n) is 9.85. The normalized spacial score (nSPS) is 18.4. The second kappa shape index (κ2) is 5.15. The van der Waals surface area contributed by atoms with Crippen LogP contribution in [0.25, 0.3) is 0 Å². The van der Waals surface area contributed by atoms with Crippen molar-refractivity contribution in [3.8, 4) is 11.8 Å². The Morgan fingerprint density at radius 3 is 2.88 bits per heavy atom. The Balaban J connectivity index is 2.00. The van der Waals surface area contributed by atoms with E-state index in [-0.39, 0.29) is 5.54 Å². The van der Waals surface area contributed by atoms with Crippen LogP contribution in [0.5, 0.6) is 5.75 Å². The van der Waals surface area contributed by atoms with Gasteiger partial charge in [-0.2, -0.15) is 5.26 Å². The zero-order valence-corrected chi connectivity index (χ0v) is 9.85. The Bertz CT molecular complexity index is 419. The Labute approximate surface area is 101 Å². The maximum absolute atomic E-state index is 8.90. The highest BCUT2D eigenvalue weighted by molar-refractivity contribution is 5.36. The van der Waals surface area contributed by atoms with Crippen molar-refractivity contribution in [3.05, 3.63) is 24.0 Å². The van der Waals surface area contributed by atoms with Crippen molar-refractivity contribution in [1.82, 2.24) is 4.98 Å². The first-order valence-corrected chi connectivity index (χ1v) is 6.00.